The number of carbonyl (C=O) groups excluding carboxylic acids is 1. The van der Waals surface area contributed by atoms with Gasteiger partial charge >= 0.3 is 0 Å². The van der Waals surface area contributed by atoms with Gasteiger partial charge in [0.2, 0.25) is 5.91 Å². The maximum atomic E-state index is 12.2. The number of halogens is 2. The largest absolute Gasteiger partial charge is 0.369 e. The normalized spacial score (nSPS) is 15.3. The number of hydrogen-bond donors (Lipinski definition) is 1. The zero-order valence-electron chi connectivity index (χ0n) is 13.2. The maximum absolute atomic E-state index is 12.2. The average molecular weight is 364 g/mol. The number of carbonyl (C=O) groups is 1. The summed E-state index contributed by atoms with van der Waals surface area (Å²) < 4.78 is 0. The fraction of sp³-hybridized carbons (Fsp3) is 0.278. The van der Waals surface area contributed by atoms with Crippen LogP contribution in [0.2, 0.25) is 10.0 Å². The van der Waals surface area contributed by atoms with Crippen LogP contribution in [0.1, 0.15) is 0 Å². The molecule has 1 heterocycles. The van der Waals surface area contributed by atoms with Crippen molar-refractivity contribution in [2.24, 2.45) is 0 Å². The molecule has 0 atom stereocenters. The van der Waals surface area contributed by atoms with Gasteiger partial charge in [0, 0.05) is 47.6 Å². The Hall–Kier alpha value is -1.75. The molecule has 0 unspecified atom stereocenters. The predicted octanol–water partition coefficient (Wildman–Crippen LogP) is 3.75. The Morgan fingerprint density at radius 2 is 1.67 bits per heavy atom. The SMILES string of the molecule is O=C(CN1CCN(c2ccc(Cl)cc2)CC1)Nc1cccc(Cl)c1. The van der Waals surface area contributed by atoms with Crippen molar-refractivity contribution in [1.82, 2.24) is 4.90 Å². The first-order chi connectivity index (χ1) is 11.6. The predicted molar refractivity (Wildman–Crippen MR) is 100 cm³/mol. The van der Waals surface area contributed by atoms with Crippen LogP contribution in [0.15, 0.2) is 48.5 Å². The molecule has 1 fully saturated rings. The van der Waals surface area contributed by atoms with Crippen molar-refractivity contribution in [3.05, 3.63) is 58.6 Å². The smallest absolute Gasteiger partial charge is 0.238 e. The van der Waals surface area contributed by atoms with Gasteiger partial charge in [-0.25, -0.2) is 0 Å². The van der Waals surface area contributed by atoms with Crippen LogP contribution in [0.5, 0.6) is 0 Å². The van der Waals surface area contributed by atoms with E-state index in [1.165, 1.54) is 5.69 Å². The van der Waals surface area contributed by atoms with Crippen molar-refractivity contribution in [1.29, 1.82) is 0 Å². The second-order valence-electron chi connectivity index (χ2n) is 5.80. The van der Waals surface area contributed by atoms with Crippen molar-refractivity contribution in [2.75, 3.05) is 42.9 Å². The average Bonchev–Trinajstić information content (AvgIpc) is 2.56. The van der Waals surface area contributed by atoms with Crippen molar-refractivity contribution in [3.8, 4) is 0 Å². The van der Waals surface area contributed by atoms with E-state index in [1.807, 2.05) is 36.4 Å². The van der Waals surface area contributed by atoms with Crippen molar-refractivity contribution in [2.45, 2.75) is 0 Å². The van der Waals surface area contributed by atoms with Crippen LogP contribution in [0.25, 0.3) is 0 Å². The van der Waals surface area contributed by atoms with E-state index >= 15 is 0 Å². The first-order valence-corrected chi connectivity index (χ1v) is 8.64. The lowest BCUT2D eigenvalue weighted by Crippen LogP contribution is -2.48. The highest BCUT2D eigenvalue weighted by Gasteiger charge is 2.19. The highest BCUT2D eigenvalue weighted by atomic mass is 35.5. The monoisotopic (exact) mass is 363 g/mol. The first-order valence-electron chi connectivity index (χ1n) is 7.88. The number of amides is 1. The molecule has 1 saturated heterocycles. The van der Waals surface area contributed by atoms with E-state index in [2.05, 4.69) is 15.1 Å². The molecule has 0 aliphatic carbocycles. The summed E-state index contributed by atoms with van der Waals surface area (Å²) in [6.07, 6.45) is 0. The van der Waals surface area contributed by atoms with Gasteiger partial charge in [-0.05, 0) is 42.5 Å². The highest BCUT2D eigenvalue weighted by molar-refractivity contribution is 6.31. The van der Waals surface area contributed by atoms with Crippen LogP contribution < -0.4 is 10.2 Å². The summed E-state index contributed by atoms with van der Waals surface area (Å²) >= 11 is 11.9. The Morgan fingerprint density at radius 3 is 2.33 bits per heavy atom. The second-order valence-corrected chi connectivity index (χ2v) is 6.67. The van der Waals surface area contributed by atoms with E-state index in [9.17, 15) is 4.79 Å². The van der Waals surface area contributed by atoms with Gasteiger partial charge in [0.1, 0.15) is 0 Å². The molecule has 0 aromatic heterocycles. The number of anilines is 2. The standard InChI is InChI=1S/C18H19Cl2N3O/c19-14-4-6-17(7-5-14)23-10-8-22(9-11-23)13-18(24)21-16-3-1-2-15(20)12-16/h1-7,12H,8-11,13H2,(H,21,24). The molecular weight excluding hydrogens is 345 g/mol. The van der Waals surface area contributed by atoms with Crippen LogP contribution in [0.4, 0.5) is 11.4 Å². The van der Waals surface area contributed by atoms with Crippen LogP contribution in [-0.2, 0) is 4.79 Å². The summed E-state index contributed by atoms with van der Waals surface area (Å²) in [6.45, 7) is 3.89. The number of benzene rings is 2. The fourth-order valence-electron chi connectivity index (χ4n) is 2.79. The minimum atomic E-state index is -0.0165. The van der Waals surface area contributed by atoms with Gasteiger partial charge in [-0.3, -0.25) is 9.69 Å². The lowest BCUT2D eigenvalue weighted by molar-refractivity contribution is -0.117. The topological polar surface area (TPSA) is 35.6 Å². The molecule has 0 spiro atoms. The molecule has 0 radical (unpaired) electrons. The molecule has 6 heteroatoms. The van der Waals surface area contributed by atoms with Gasteiger partial charge in [-0.1, -0.05) is 29.3 Å². The quantitative estimate of drug-likeness (QED) is 0.898. The summed E-state index contributed by atoms with van der Waals surface area (Å²) in [6, 6.07) is 15.1. The summed E-state index contributed by atoms with van der Waals surface area (Å²) in [5.74, 6) is -0.0165. The molecule has 2 aromatic carbocycles. The summed E-state index contributed by atoms with van der Waals surface area (Å²) in [5.41, 5.74) is 1.90. The highest BCUT2D eigenvalue weighted by Crippen LogP contribution is 2.19. The first kappa shape index (κ1) is 17.1. The molecule has 3 rings (SSSR count). The second kappa shape index (κ2) is 7.88. The van der Waals surface area contributed by atoms with Gasteiger partial charge in [-0.2, -0.15) is 0 Å². The van der Waals surface area contributed by atoms with Crippen molar-refractivity contribution in [3.63, 3.8) is 0 Å². The molecule has 1 aliphatic heterocycles. The summed E-state index contributed by atoms with van der Waals surface area (Å²) in [5, 5.41) is 4.25. The molecule has 0 bridgehead atoms. The van der Waals surface area contributed by atoms with E-state index in [0.29, 0.717) is 11.6 Å². The number of nitrogens with one attached hydrogen (secondary N) is 1. The fourth-order valence-corrected chi connectivity index (χ4v) is 3.10. The van der Waals surface area contributed by atoms with Gasteiger partial charge < -0.3 is 10.2 Å². The zero-order valence-corrected chi connectivity index (χ0v) is 14.7. The van der Waals surface area contributed by atoms with Crippen molar-refractivity contribution >= 4 is 40.5 Å². The van der Waals surface area contributed by atoms with Crippen LogP contribution in [0, 0.1) is 0 Å². The minimum Gasteiger partial charge on any atom is -0.369 e. The lowest BCUT2D eigenvalue weighted by Gasteiger charge is -2.35. The van der Waals surface area contributed by atoms with E-state index in [0.717, 1.165) is 36.9 Å². The Balaban J connectivity index is 1.48. The molecule has 0 saturated carbocycles. The van der Waals surface area contributed by atoms with Crippen LogP contribution >= 0.6 is 23.2 Å². The van der Waals surface area contributed by atoms with Crippen molar-refractivity contribution < 1.29 is 4.79 Å². The molecule has 126 valence electrons. The van der Waals surface area contributed by atoms with E-state index in [-0.39, 0.29) is 5.91 Å². The van der Waals surface area contributed by atoms with Crippen LogP contribution in [-0.4, -0.2) is 43.5 Å². The molecule has 1 amide bonds. The third-order valence-corrected chi connectivity index (χ3v) is 4.53. The van der Waals surface area contributed by atoms with Gasteiger partial charge in [-0.15, -0.1) is 0 Å². The molecular formula is C18H19Cl2N3O. The molecule has 24 heavy (non-hydrogen) atoms. The summed E-state index contributed by atoms with van der Waals surface area (Å²) in [7, 11) is 0. The van der Waals surface area contributed by atoms with Gasteiger partial charge in [0.15, 0.2) is 0 Å². The third-order valence-electron chi connectivity index (χ3n) is 4.04. The Labute approximate surface area is 152 Å². The Bertz CT molecular complexity index is 698. The van der Waals surface area contributed by atoms with E-state index < -0.39 is 0 Å². The number of rotatable bonds is 4. The Kier molecular flexibility index (Phi) is 5.61. The Morgan fingerprint density at radius 1 is 0.958 bits per heavy atom. The lowest BCUT2D eigenvalue weighted by atomic mass is 10.2. The zero-order chi connectivity index (χ0) is 16.9. The van der Waals surface area contributed by atoms with Gasteiger partial charge in [0.05, 0.1) is 6.54 Å². The summed E-state index contributed by atoms with van der Waals surface area (Å²) in [4.78, 5) is 16.6. The minimum absolute atomic E-state index is 0.0165. The molecule has 2 aromatic rings. The number of hydrogen-bond acceptors (Lipinski definition) is 3. The molecule has 1 N–H and O–H groups in total. The van der Waals surface area contributed by atoms with E-state index in [1.54, 1.807) is 12.1 Å². The van der Waals surface area contributed by atoms with E-state index in [4.69, 9.17) is 23.2 Å². The van der Waals surface area contributed by atoms with Crippen LogP contribution in [0.3, 0.4) is 0 Å². The third kappa shape index (κ3) is 4.63. The molecule has 4 nitrogen and oxygen atoms in total. The van der Waals surface area contributed by atoms with Gasteiger partial charge in [0.25, 0.3) is 0 Å². The maximum Gasteiger partial charge on any atom is 0.238 e. The number of piperazine rings is 1. The molecule has 1 aliphatic rings. The number of nitrogens with zero attached hydrogens (tertiary/aromatic N) is 2.